The molecule has 1 heterocycles. The van der Waals surface area contributed by atoms with Crippen molar-refractivity contribution in [3.05, 3.63) is 90.3 Å². The Bertz CT molecular complexity index is 825. The molecule has 4 nitrogen and oxygen atoms in total. The maximum atomic E-state index is 12.9. The number of nitrogens with zero attached hydrogens (tertiary/aromatic N) is 2. The monoisotopic (exact) mass is 332 g/mol. The molecule has 0 bridgehead atoms. The van der Waals surface area contributed by atoms with Gasteiger partial charge in [-0.3, -0.25) is 9.59 Å². The Morgan fingerprint density at radius 1 is 0.920 bits per heavy atom. The van der Waals surface area contributed by atoms with Gasteiger partial charge in [-0.1, -0.05) is 48.5 Å². The van der Waals surface area contributed by atoms with Crippen LogP contribution in [0, 0.1) is 0 Å². The highest BCUT2D eigenvalue weighted by molar-refractivity contribution is 5.93. The lowest BCUT2D eigenvalue weighted by Gasteiger charge is -2.23. The number of aryl methyl sites for hydroxylation is 1. The first-order valence-corrected chi connectivity index (χ1v) is 8.27. The fourth-order valence-electron chi connectivity index (χ4n) is 2.79. The summed E-state index contributed by atoms with van der Waals surface area (Å²) >= 11 is 0. The standard InChI is InChI=1S/C21H20N2O2/c24-17-20-12-7-14-22(20)15-13-21(25)23(19-10-5-2-6-11-19)16-18-8-3-1-4-9-18/h1-12,14,17H,13,15-16H2. The van der Waals surface area contributed by atoms with Crippen LogP contribution in [0.15, 0.2) is 79.0 Å². The molecule has 0 spiro atoms. The molecule has 0 aliphatic heterocycles. The van der Waals surface area contributed by atoms with Crippen LogP contribution in [-0.2, 0) is 17.9 Å². The largest absolute Gasteiger partial charge is 0.345 e. The lowest BCUT2D eigenvalue weighted by atomic mass is 10.2. The van der Waals surface area contributed by atoms with Gasteiger partial charge in [0.1, 0.15) is 0 Å². The Morgan fingerprint density at radius 3 is 2.28 bits per heavy atom. The summed E-state index contributed by atoms with van der Waals surface area (Å²) in [5.74, 6) is 0.0283. The zero-order valence-electron chi connectivity index (χ0n) is 13.9. The molecule has 0 radical (unpaired) electrons. The zero-order valence-corrected chi connectivity index (χ0v) is 13.9. The molecule has 126 valence electrons. The fraction of sp³-hybridized carbons (Fsp3) is 0.143. The van der Waals surface area contributed by atoms with Crippen LogP contribution in [0.25, 0.3) is 0 Å². The molecule has 0 saturated carbocycles. The Hall–Kier alpha value is -3.14. The summed E-state index contributed by atoms with van der Waals surface area (Å²) in [4.78, 5) is 25.7. The third-order valence-electron chi connectivity index (χ3n) is 4.10. The summed E-state index contributed by atoms with van der Waals surface area (Å²) in [5.41, 5.74) is 2.54. The fourth-order valence-corrected chi connectivity index (χ4v) is 2.79. The second-order valence-corrected chi connectivity index (χ2v) is 5.80. The number of hydrogen-bond acceptors (Lipinski definition) is 2. The Morgan fingerprint density at radius 2 is 1.60 bits per heavy atom. The number of amides is 1. The number of rotatable bonds is 7. The number of carbonyl (C=O) groups is 2. The summed E-state index contributed by atoms with van der Waals surface area (Å²) in [7, 11) is 0. The van der Waals surface area contributed by atoms with Crippen molar-refractivity contribution in [2.45, 2.75) is 19.5 Å². The van der Waals surface area contributed by atoms with E-state index >= 15 is 0 Å². The van der Waals surface area contributed by atoms with E-state index in [2.05, 4.69) is 0 Å². The molecule has 0 unspecified atom stereocenters. The van der Waals surface area contributed by atoms with E-state index in [1.807, 2.05) is 72.9 Å². The van der Waals surface area contributed by atoms with E-state index < -0.39 is 0 Å². The molecule has 3 rings (SSSR count). The molecule has 0 N–H and O–H groups in total. The quantitative estimate of drug-likeness (QED) is 0.615. The first-order chi connectivity index (χ1) is 12.3. The van der Waals surface area contributed by atoms with Crippen LogP contribution < -0.4 is 4.90 Å². The summed E-state index contributed by atoms with van der Waals surface area (Å²) in [6.07, 6.45) is 2.96. The number of benzene rings is 2. The normalized spacial score (nSPS) is 10.4. The Labute approximate surface area is 147 Å². The average molecular weight is 332 g/mol. The molecule has 2 aromatic carbocycles. The molecule has 0 saturated heterocycles. The van der Waals surface area contributed by atoms with E-state index in [0.717, 1.165) is 17.5 Å². The highest BCUT2D eigenvalue weighted by atomic mass is 16.2. The molecule has 0 fully saturated rings. The van der Waals surface area contributed by atoms with Crippen molar-refractivity contribution in [3.8, 4) is 0 Å². The first kappa shape index (κ1) is 16.7. The van der Waals surface area contributed by atoms with Crippen LogP contribution in [0.1, 0.15) is 22.5 Å². The molecule has 25 heavy (non-hydrogen) atoms. The third-order valence-corrected chi connectivity index (χ3v) is 4.10. The van der Waals surface area contributed by atoms with Gasteiger partial charge in [0.05, 0.1) is 12.2 Å². The molecule has 0 aliphatic carbocycles. The van der Waals surface area contributed by atoms with Crippen LogP contribution in [0.2, 0.25) is 0 Å². The van der Waals surface area contributed by atoms with Crippen molar-refractivity contribution < 1.29 is 9.59 Å². The topological polar surface area (TPSA) is 42.3 Å². The van der Waals surface area contributed by atoms with Crippen LogP contribution in [-0.4, -0.2) is 16.8 Å². The second kappa shape index (κ2) is 8.11. The molecule has 0 atom stereocenters. The van der Waals surface area contributed by atoms with E-state index in [0.29, 0.717) is 25.2 Å². The van der Waals surface area contributed by atoms with Crippen molar-refractivity contribution in [3.63, 3.8) is 0 Å². The Kier molecular flexibility index (Phi) is 5.42. The summed E-state index contributed by atoms with van der Waals surface area (Å²) in [5, 5.41) is 0. The number of carbonyl (C=O) groups excluding carboxylic acids is 2. The van der Waals surface area contributed by atoms with Gasteiger partial charge in [0.15, 0.2) is 6.29 Å². The number of aldehydes is 1. The second-order valence-electron chi connectivity index (χ2n) is 5.80. The van der Waals surface area contributed by atoms with Crippen molar-refractivity contribution >= 4 is 17.9 Å². The molecule has 4 heteroatoms. The van der Waals surface area contributed by atoms with Crippen molar-refractivity contribution in [1.82, 2.24) is 4.57 Å². The van der Waals surface area contributed by atoms with Gasteiger partial charge in [-0.05, 0) is 29.8 Å². The van der Waals surface area contributed by atoms with Gasteiger partial charge in [-0.2, -0.15) is 0 Å². The van der Waals surface area contributed by atoms with Gasteiger partial charge in [0.2, 0.25) is 5.91 Å². The number of anilines is 1. The SMILES string of the molecule is O=Cc1cccn1CCC(=O)N(Cc1ccccc1)c1ccccc1. The van der Waals surface area contributed by atoms with Gasteiger partial charge in [0, 0.05) is 24.8 Å². The van der Waals surface area contributed by atoms with E-state index in [4.69, 9.17) is 0 Å². The van der Waals surface area contributed by atoms with Crippen LogP contribution in [0.3, 0.4) is 0 Å². The molecule has 1 amide bonds. The van der Waals surface area contributed by atoms with Gasteiger partial charge in [0.25, 0.3) is 0 Å². The van der Waals surface area contributed by atoms with Crippen molar-refractivity contribution in [1.29, 1.82) is 0 Å². The lowest BCUT2D eigenvalue weighted by molar-refractivity contribution is -0.119. The molecule has 1 aromatic heterocycles. The molecular weight excluding hydrogens is 312 g/mol. The first-order valence-electron chi connectivity index (χ1n) is 8.27. The maximum Gasteiger partial charge on any atom is 0.229 e. The highest BCUT2D eigenvalue weighted by Crippen LogP contribution is 2.18. The van der Waals surface area contributed by atoms with Crippen LogP contribution in [0.5, 0.6) is 0 Å². The maximum absolute atomic E-state index is 12.9. The lowest BCUT2D eigenvalue weighted by Crippen LogP contribution is -2.31. The van der Waals surface area contributed by atoms with Crippen LogP contribution >= 0.6 is 0 Å². The van der Waals surface area contributed by atoms with Gasteiger partial charge in [-0.25, -0.2) is 0 Å². The van der Waals surface area contributed by atoms with Gasteiger partial charge < -0.3 is 9.47 Å². The van der Waals surface area contributed by atoms with Crippen molar-refractivity contribution in [2.24, 2.45) is 0 Å². The number of para-hydroxylation sites is 1. The third kappa shape index (κ3) is 4.23. The minimum atomic E-state index is 0.0283. The highest BCUT2D eigenvalue weighted by Gasteiger charge is 2.16. The predicted octanol–water partition coefficient (Wildman–Crippen LogP) is 3.92. The van der Waals surface area contributed by atoms with E-state index in [-0.39, 0.29) is 5.91 Å². The molecular formula is C21H20N2O2. The summed E-state index contributed by atoms with van der Waals surface area (Å²) < 4.78 is 1.80. The summed E-state index contributed by atoms with van der Waals surface area (Å²) in [6, 6.07) is 23.2. The minimum Gasteiger partial charge on any atom is -0.345 e. The summed E-state index contributed by atoms with van der Waals surface area (Å²) in [6.45, 7) is 1.01. The van der Waals surface area contributed by atoms with E-state index in [1.165, 1.54) is 0 Å². The van der Waals surface area contributed by atoms with E-state index in [1.54, 1.807) is 15.5 Å². The predicted molar refractivity (Wildman–Crippen MR) is 98.5 cm³/mol. The number of aromatic nitrogens is 1. The molecule has 0 aliphatic rings. The van der Waals surface area contributed by atoms with E-state index in [9.17, 15) is 9.59 Å². The van der Waals surface area contributed by atoms with Crippen LogP contribution in [0.4, 0.5) is 5.69 Å². The van der Waals surface area contributed by atoms with Crippen molar-refractivity contribution in [2.75, 3.05) is 4.90 Å². The molecule has 3 aromatic rings. The average Bonchev–Trinajstić information content (AvgIpc) is 3.13. The van der Waals surface area contributed by atoms with Gasteiger partial charge >= 0.3 is 0 Å². The van der Waals surface area contributed by atoms with Gasteiger partial charge in [-0.15, -0.1) is 0 Å². The Balaban J connectivity index is 1.76. The zero-order chi connectivity index (χ0) is 17.5. The smallest absolute Gasteiger partial charge is 0.229 e. The minimum absolute atomic E-state index is 0.0283. The number of hydrogen-bond donors (Lipinski definition) is 0.